The summed E-state index contributed by atoms with van der Waals surface area (Å²) >= 11 is 0. The molecule has 2 aliphatic heterocycles. The summed E-state index contributed by atoms with van der Waals surface area (Å²) in [5, 5.41) is 86.5. The molecule has 0 bridgehead atoms. The average molecular weight is 900 g/mol. The van der Waals surface area contributed by atoms with E-state index >= 15 is 0 Å². The quantitative estimate of drug-likeness (QED) is 0.0261. The SMILES string of the molecule is CCCCCCCCCCC/C=C/CC/C=C/CC/C=C/C(O)C(COC1OC(CO)C(OC2OC(CO)C(O)C(O)C2O)C(O)C1O)NC(=O)CCCCCCCCCCCC. The van der Waals surface area contributed by atoms with Gasteiger partial charge in [-0.05, 0) is 44.9 Å². The molecule has 1 amide bonds. The standard InChI is InChI=1S/C49H89NO13/c1-3-5-7-9-11-13-15-16-17-18-19-20-21-22-23-24-26-28-30-32-38(53)37(50-41(54)33-31-29-27-25-14-12-10-8-6-4-2)36-60-48-46(59)44(57)47(40(35-52)62-48)63-49-45(58)43(56)42(55)39(34-51)61-49/h19-20,23-24,30,32,37-40,42-49,51-53,55-59H,3-18,21-22,25-29,31,33-36H2,1-2H3,(H,50,54)/b20-19+,24-23+,32-30+. The van der Waals surface area contributed by atoms with Crippen LogP contribution >= 0.6 is 0 Å². The van der Waals surface area contributed by atoms with Gasteiger partial charge in [-0.2, -0.15) is 0 Å². The van der Waals surface area contributed by atoms with E-state index in [-0.39, 0.29) is 18.9 Å². The Morgan fingerprint density at radius 3 is 1.56 bits per heavy atom. The zero-order valence-corrected chi connectivity index (χ0v) is 38.8. The number of carbonyl (C=O) groups excluding carboxylic acids is 1. The van der Waals surface area contributed by atoms with Crippen LogP contribution in [0.2, 0.25) is 0 Å². The molecule has 2 heterocycles. The molecule has 0 aliphatic carbocycles. The molecular weight excluding hydrogens is 811 g/mol. The summed E-state index contributed by atoms with van der Waals surface area (Å²) in [5.74, 6) is -0.257. The van der Waals surface area contributed by atoms with E-state index in [4.69, 9.17) is 18.9 Å². The number of hydrogen-bond donors (Lipinski definition) is 9. The fourth-order valence-corrected chi connectivity index (χ4v) is 7.97. The molecule has 0 saturated carbocycles. The minimum atomic E-state index is -1.79. The molecule has 0 spiro atoms. The van der Waals surface area contributed by atoms with E-state index < -0.39 is 86.8 Å². The van der Waals surface area contributed by atoms with Crippen molar-refractivity contribution < 1.29 is 64.6 Å². The summed E-state index contributed by atoms with van der Waals surface area (Å²) in [5.41, 5.74) is 0. The largest absolute Gasteiger partial charge is 0.394 e. The maximum absolute atomic E-state index is 13.1. The Morgan fingerprint density at radius 1 is 0.556 bits per heavy atom. The van der Waals surface area contributed by atoms with E-state index in [0.717, 1.165) is 44.9 Å². The number of rotatable bonds is 37. The van der Waals surface area contributed by atoms with E-state index in [1.165, 1.54) is 96.3 Å². The molecular formula is C49H89NO13. The third-order valence-electron chi connectivity index (χ3n) is 12.1. The number of aliphatic hydroxyl groups excluding tert-OH is 8. The van der Waals surface area contributed by atoms with Crippen molar-refractivity contribution in [2.24, 2.45) is 0 Å². The van der Waals surface area contributed by atoms with Gasteiger partial charge in [0.25, 0.3) is 0 Å². The number of amides is 1. The minimum Gasteiger partial charge on any atom is -0.394 e. The lowest BCUT2D eigenvalue weighted by atomic mass is 9.97. The van der Waals surface area contributed by atoms with Crippen molar-refractivity contribution in [1.29, 1.82) is 0 Å². The molecule has 0 aromatic carbocycles. The highest BCUT2D eigenvalue weighted by Crippen LogP contribution is 2.30. The first-order valence-corrected chi connectivity index (χ1v) is 24.7. The van der Waals surface area contributed by atoms with Gasteiger partial charge in [-0.1, -0.05) is 159 Å². The molecule has 12 atom stereocenters. The number of hydrogen-bond acceptors (Lipinski definition) is 13. The monoisotopic (exact) mass is 900 g/mol. The van der Waals surface area contributed by atoms with Crippen molar-refractivity contribution in [2.75, 3.05) is 19.8 Å². The highest BCUT2D eigenvalue weighted by Gasteiger charge is 2.51. The van der Waals surface area contributed by atoms with E-state index in [9.17, 15) is 45.6 Å². The summed E-state index contributed by atoms with van der Waals surface area (Å²) in [7, 11) is 0. The lowest BCUT2D eigenvalue weighted by Crippen LogP contribution is -2.65. The number of aliphatic hydroxyl groups is 8. The predicted molar refractivity (Wildman–Crippen MR) is 244 cm³/mol. The zero-order chi connectivity index (χ0) is 46.1. The molecule has 9 N–H and O–H groups in total. The van der Waals surface area contributed by atoms with Gasteiger partial charge in [-0.3, -0.25) is 4.79 Å². The van der Waals surface area contributed by atoms with Crippen LogP contribution in [-0.2, 0) is 23.7 Å². The maximum atomic E-state index is 13.1. The molecule has 14 heteroatoms. The van der Waals surface area contributed by atoms with Gasteiger partial charge in [-0.25, -0.2) is 0 Å². The number of allylic oxidation sites excluding steroid dienone is 5. The summed E-state index contributed by atoms with van der Waals surface area (Å²) in [6.07, 6.45) is 23.4. The van der Waals surface area contributed by atoms with Gasteiger partial charge >= 0.3 is 0 Å². The van der Waals surface area contributed by atoms with Crippen molar-refractivity contribution in [1.82, 2.24) is 5.32 Å². The smallest absolute Gasteiger partial charge is 0.220 e. The van der Waals surface area contributed by atoms with Gasteiger partial charge in [0.05, 0.1) is 32.0 Å². The molecule has 2 fully saturated rings. The highest BCUT2D eigenvalue weighted by atomic mass is 16.7. The Kier molecular flexibility index (Phi) is 33.1. The first-order chi connectivity index (χ1) is 30.6. The van der Waals surface area contributed by atoms with Crippen molar-refractivity contribution >= 4 is 5.91 Å². The average Bonchev–Trinajstić information content (AvgIpc) is 3.28. The second-order valence-electron chi connectivity index (χ2n) is 17.6. The van der Waals surface area contributed by atoms with Crippen molar-refractivity contribution in [2.45, 2.75) is 248 Å². The van der Waals surface area contributed by atoms with Crippen molar-refractivity contribution in [3.05, 3.63) is 36.5 Å². The second-order valence-corrected chi connectivity index (χ2v) is 17.6. The van der Waals surface area contributed by atoms with Crippen molar-refractivity contribution in [3.63, 3.8) is 0 Å². The number of ether oxygens (including phenoxy) is 4. The highest BCUT2D eigenvalue weighted by molar-refractivity contribution is 5.76. The molecule has 63 heavy (non-hydrogen) atoms. The van der Waals surface area contributed by atoms with Gasteiger partial charge in [0.1, 0.15) is 48.8 Å². The summed E-state index contributed by atoms with van der Waals surface area (Å²) in [4.78, 5) is 13.1. The normalized spacial score (nSPS) is 27.8. The summed E-state index contributed by atoms with van der Waals surface area (Å²) < 4.78 is 22.6. The molecule has 12 unspecified atom stereocenters. The van der Waals surface area contributed by atoms with E-state index in [1.807, 2.05) is 6.08 Å². The number of unbranched alkanes of at least 4 members (excludes halogenated alkanes) is 20. The predicted octanol–water partition coefficient (Wildman–Crippen LogP) is 5.93. The van der Waals surface area contributed by atoms with E-state index in [2.05, 4.69) is 43.5 Å². The van der Waals surface area contributed by atoms with Gasteiger partial charge in [0.15, 0.2) is 12.6 Å². The van der Waals surface area contributed by atoms with Crippen LogP contribution in [0, 0.1) is 0 Å². The Balaban J connectivity index is 1.88. The van der Waals surface area contributed by atoms with Crippen molar-refractivity contribution in [3.8, 4) is 0 Å². The van der Waals surface area contributed by atoms with Gasteiger partial charge in [-0.15, -0.1) is 0 Å². The first kappa shape index (κ1) is 57.3. The molecule has 0 radical (unpaired) electrons. The maximum Gasteiger partial charge on any atom is 0.220 e. The fraction of sp³-hybridized carbons (Fsp3) is 0.857. The van der Waals surface area contributed by atoms with Crippen LogP contribution in [0.5, 0.6) is 0 Å². The van der Waals surface area contributed by atoms with E-state index in [0.29, 0.717) is 12.8 Å². The summed E-state index contributed by atoms with van der Waals surface area (Å²) in [6, 6.07) is -0.932. The molecule has 0 aromatic rings. The lowest BCUT2D eigenvalue weighted by molar-refractivity contribution is -0.359. The molecule has 0 aromatic heterocycles. The fourth-order valence-electron chi connectivity index (χ4n) is 7.97. The Hall–Kier alpha value is -1.79. The Labute approximate surface area is 379 Å². The second kappa shape index (κ2) is 36.3. The number of carbonyl (C=O) groups is 1. The third kappa shape index (κ3) is 24.0. The van der Waals surface area contributed by atoms with Crippen LogP contribution in [0.4, 0.5) is 0 Å². The molecule has 368 valence electrons. The van der Waals surface area contributed by atoms with Gasteiger partial charge < -0.3 is 65.1 Å². The topological polar surface area (TPSA) is 228 Å². The molecule has 2 saturated heterocycles. The van der Waals surface area contributed by atoms with Crippen LogP contribution in [0.1, 0.15) is 174 Å². The first-order valence-electron chi connectivity index (χ1n) is 24.7. The Bertz CT molecular complexity index is 1200. The Morgan fingerprint density at radius 2 is 1.02 bits per heavy atom. The van der Waals surface area contributed by atoms with Crippen LogP contribution in [0.25, 0.3) is 0 Å². The van der Waals surface area contributed by atoms with E-state index in [1.54, 1.807) is 6.08 Å². The minimum absolute atomic E-state index is 0.257. The van der Waals surface area contributed by atoms with Crippen LogP contribution < -0.4 is 5.32 Å². The van der Waals surface area contributed by atoms with Gasteiger partial charge in [0.2, 0.25) is 5.91 Å². The molecule has 2 rings (SSSR count). The third-order valence-corrected chi connectivity index (χ3v) is 12.1. The number of nitrogens with one attached hydrogen (secondary N) is 1. The zero-order valence-electron chi connectivity index (χ0n) is 38.8. The van der Waals surface area contributed by atoms with Gasteiger partial charge in [0, 0.05) is 6.42 Å². The van der Waals surface area contributed by atoms with Crippen LogP contribution in [-0.4, -0.2) is 140 Å². The lowest BCUT2D eigenvalue weighted by Gasteiger charge is -2.46. The molecule has 2 aliphatic rings. The van der Waals surface area contributed by atoms with Crippen LogP contribution in [0.3, 0.4) is 0 Å². The molecule has 14 nitrogen and oxygen atoms in total. The summed E-state index contributed by atoms with van der Waals surface area (Å²) in [6.45, 7) is 2.72. The van der Waals surface area contributed by atoms with Crippen LogP contribution in [0.15, 0.2) is 36.5 Å².